The van der Waals surface area contributed by atoms with Gasteiger partial charge in [0.05, 0.1) is 25.4 Å². The fourth-order valence-electron chi connectivity index (χ4n) is 1.56. The van der Waals surface area contributed by atoms with Crippen molar-refractivity contribution in [3.05, 3.63) is 52.9 Å². The Hall–Kier alpha value is -1.74. The van der Waals surface area contributed by atoms with Crippen molar-refractivity contribution in [2.24, 2.45) is 0 Å². The number of benzene rings is 1. The third kappa shape index (κ3) is 2.68. The third-order valence-corrected chi connectivity index (χ3v) is 2.61. The Morgan fingerprint density at radius 2 is 2.24 bits per heavy atom. The molecule has 0 saturated heterocycles. The molecule has 0 saturated carbocycles. The maximum atomic E-state index is 12.0. The molecule has 0 aliphatic carbocycles. The van der Waals surface area contributed by atoms with Gasteiger partial charge in [-0.1, -0.05) is 11.6 Å². The first-order chi connectivity index (χ1) is 8.20. The van der Waals surface area contributed by atoms with Crippen molar-refractivity contribution in [3.63, 3.8) is 0 Å². The lowest BCUT2D eigenvalue weighted by Gasteiger charge is -2.07. The third-order valence-electron chi connectivity index (χ3n) is 2.38. The molecule has 0 N–H and O–H groups in total. The summed E-state index contributed by atoms with van der Waals surface area (Å²) in [6.07, 6.45) is 1.76. The Bertz CT molecular complexity index is 517. The van der Waals surface area contributed by atoms with Crippen LogP contribution in [-0.4, -0.2) is 12.9 Å². The topological polar surface area (TPSA) is 39.4 Å². The number of furan rings is 1. The van der Waals surface area contributed by atoms with Crippen LogP contribution in [0.15, 0.2) is 41.0 Å². The lowest BCUT2D eigenvalue weighted by molar-refractivity contribution is 0.0984. The molecule has 2 rings (SSSR count). The quantitative estimate of drug-likeness (QED) is 0.781. The molecular formula is C13H11ClO3. The molecule has 3 nitrogen and oxygen atoms in total. The number of methoxy groups -OCH3 is 1. The molecule has 0 spiro atoms. The second kappa shape index (κ2) is 5.06. The predicted octanol–water partition coefficient (Wildman–Crippen LogP) is 3.37. The van der Waals surface area contributed by atoms with Gasteiger partial charge in [-0.3, -0.25) is 4.79 Å². The van der Waals surface area contributed by atoms with Gasteiger partial charge in [-0.15, -0.1) is 0 Å². The SMILES string of the molecule is COc1cc(Cl)ccc1C(=O)Cc1ccco1. The average molecular weight is 251 g/mol. The first-order valence-electron chi connectivity index (χ1n) is 5.10. The number of carbonyl (C=O) groups excluding carboxylic acids is 1. The van der Waals surface area contributed by atoms with Crippen LogP contribution in [0.1, 0.15) is 16.1 Å². The van der Waals surface area contributed by atoms with E-state index in [0.717, 1.165) is 0 Å². The second-order valence-corrected chi connectivity index (χ2v) is 3.96. The van der Waals surface area contributed by atoms with Gasteiger partial charge in [0.2, 0.25) is 0 Å². The van der Waals surface area contributed by atoms with E-state index < -0.39 is 0 Å². The Labute approximate surface area is 104 Å². The maximum Gasteiger partial charge on any atom is 0.174 e. The van der Waals surface area contributed by atoms with Gasteiger partial charge in [-0.05, 0) is 30.3 Å². The summed E-state index contributed by atoms with van der Waals surface area (Å²) < 4.78 is 10.3. The molecule has 88 valence electrons. The van der Waals surface area contributed by atoms with Crippen LogP contribution in [0.25, 0.3) is 0 Å². The van der Waals surface area contributed by atoms with E-state index in [4.69, 9.17) is 20.8 Å². The summed E-state index contributed by atoms with van der Waals surface area (Å²) in [6.45, 7) is 0. The monoisotopic (exact) mass is 250 g/mol. The highest BCUT2D eigenvalue weighted by molar-refractivity contribution is 6.30. The Kier molecular flexibility index (Phi) is 3.49. The van der Waals surface area contributed by atoms with Crippen LogP contribution in [0.5, 0.6) is 5.75 Å². The zero-order valence-electron chi connectivity index (χ0n) is 9.27. The molecule has 17 heavy (non-hydrogen) atoms. The van der Waals surface area contributed by atoms with Crippen molar-refractivity contribution in [2.45, 2.75) is 6.42 Å². The molecule has 0 bridgehead atoms. The molecule has 0 aliphatic heterocycles. The summed E-state index contributed by atoms with van der Waals surface area (Å²) in [4.78, 5) is 12.0. The fourth-order valence-corrected chi connectivity index (χ4v) is 1.72. The molecule has 1 aromatic heterocycles. The second-order valence-electron chi connectivity index (χ2n) is 3.52. The van der Waals surface area contributed by atoms with E-state index in [-0.39, 0.29) is 12.2 Å². The molecule has 0 unspecified atom stereocenters. The standard InChI is InChI=1S/C13H11ClO3/c1-16-13-7-9(14)4-5-11(13)12(15)8-10-3-2-6-17-10/h2-7H,8H2,1H3. The van der Waals surface area contributed by atoms with Crippen molar-refractivity contribution in [1.29, 1.82) is 0 Å². The van der Waals surface area contributed by atoms with Gasteiger partial charge in [0, 0.05) is 5.02 Å². The molecule has 0 aliphatic rings. The van der Waals surface area contributed by atoms with E-state index in [9.17, 15) is 4.79 Å². The fraction of sp³-hybridized carbons (Fsp3) is 0.154. The average Bonchev–Trinajstić information content (AvgIpc) is 2.81. The lowest BCUT2D eigenvalue weighted by Crippen LogP contribution is -2.05. The van der Waals surface area contributed by atoms with E-state index >= 15 is 0 Å². The van der Waals surface area contributed by atoms with Crippen molar-refractivity contribution in [3.8, 4) is 5.75 Å². The molecule has 0 amide bonds. The number of hydrogen-bond donors (Lipinski definition) is 0. The number of ether oxygens (including phenoxy) is 1. The van der Waals surface area contributed by atoms with E-state index in [2.05, 4.69) is 0 Å². The van der Waals surface area contributed by atoms with Crippen LogP contribution in [0, 0.1) is 0 Å². The van der Waals surface area contributed by atoms with Crippen LogP contribution in [0.2, 0.25) is 5.02 Å². The number of halogens is 1. The van der Waals surface area contributed by atoms with Gasteiger partial charge < -0.3 is 9.15 Å². The summed E-state index contributed by atoms with van der Waals surface area (Å²) in [6, 6.07) is 8.46. The summed E-state index contributed by atoms with van der Waals surface area (Å²) in [5.74, 6) is 1.05. The minimum Gasteiger partial charge on any atom is -0.496 e. The van der Waals surface area contributed by atoms with Crippen LogP contribution >= 0.6 is 11.6 Å². The van der Waals surface area contributed by atoms with E-state index in [1.165, 1.54) is 7.11 Å². The van der Waals surface area contributed by atoms with Crippen LogP contribution < -0.4 is 4.74 Å². The molecular weight excluding hydrogens is 240 g/mol. The molecule has 0 fully saturated rings. The summed E-state index contributed by atoms with van der Waals surface area (Å²) in [7, 11) is 1.51. The largest absolute Gasteiger partial charge is 0.496 e. The summed E-state index contributed by atoms with van der Waals surface area (Å²) in [5.41, 5.74) is 0.508. The molecule has 2 aromatic rings. The van der Waals surface area contributed by atoms with Gasteiger partial charge >= 0.3 is 0 Å². The van der Waals surface area contributed by atoms with Crippen molar-refractivity contribution >= 4 is 17.4 Å². The van der Waals surface area contributed by atoms with Crippen molar-refractivity contribution < 1.29 is 13.9 Å². The number of hydrogen-bond acceptors (Lipinski definition) is 3. The summed E-state index contributed by atoms with van der Waals surface area (Å²) >= 11 is 5.83. The van der Waals surface area contributed by atoms with Crippen LogP contribution in [-0.2, 0) is 6.42 Å². The first-order valence-corrected chi connectivity index (χ1v) is 5.47. The van der Waals surface area contributed by atoms with Crippen LogP contribution in [0.4, 0.5) is 0 Å². The smallest absolute Gasteiger partial charge is 0.174 e. The zero-order valence-corrected chi connectivity index (χ0v) is 10.0. The molecule has 4 heteroatoms. The highest BCUT2D eigenvalue weighted by Gasteiger charge is 2.14. The van der Waals surface area contributed by atoms with Crippen molar-refractivity contribution in [2.75, 3.05) is 7.11 Å². The Balaban J connectivity index is 2.24. The number of rotatable bonds is 4. The van der Waals surface area contributed by atoms with Gasteiger partial charge in [0.25, 0.3) is 0 Å². The Morgan fingerprint density at radius 1 is 1.41 bits per heavy atom. The van der Waals surface area contributed by atoms with Gasteiger partial charge in [-0.25, -0.2) is 0 Å². The highest BCUT2D eigenvalue weighted by atomic mass is 35.5. The van der Waals surface area contributed by atoms with Gasteiger partial charge in [-0.2, -0.15) is 0 Å². The van der Waals surface area contributed by atoms with E-state index in [0.29, 0.717) is 22.1 Å². The zero-order chi connectivity index (χ0) is 12.3. The molecule has 0 radical (unpaired) electrons. The van der Waals surface area contributed by atoms with Crippen LogP contribution in [0.3, 0.4) is 0 Å². The normalized spacial score (nSPS) is 10.2. The molecule has 1 heterocycles. The minimum atomic E-state index is -0.0616. The maximum absolute atomic E-state index is 12.0. The number of Topliss-reactive ketones (excluding diaryl/α,β-unsaturated/α-hetero) is 1. The van der Waals surface area contributed by atoms with Gasteiger partial charge in [0.1, 0.15) is 11.5 Å². The van der Waals surface area contributed by atoms with E-state index in [1.807, 2.05) is 0 Å². The predicted molar refractivity (Wildman–Crippen MR) is 64.7 cm³/mol. The summed E-state index contributed by atoms with van der Waals surface area (Å²) in [5, 5.41) is 0.538. The minimum absolute atomic E-state index is 0.0616. The highest BCUT2D eigenvalue weighted by Crippen LogP contribution is 2.24. The van der Waals surface area contributed by atoms with Crippen molar-refractivity contribution in [1.82, 2.24) is 0 Å². The van der Waals surface area contributed by atoms with E-state index in [1.54, 1.807) is 36.6 Å². The van der Waals surface area contributed by atoms with Gasteiger partial charge in [0.15, 0.2) is 5.78 Å². The molecule has 0 atom stereocenters. The molecule has 1 aromatic carbocycles. The Morgan fingerprint density at radius 3 is 2.88 bits per heavy atom. The number of carbonyl (C=O) groups is 1. The lowest BCUT2D eigenvalue weighted by atomic mass is 10.1. The number of ketones is 1. The first kappa shape index (κ1) is 11.7.